The van der Waals surface area contributed by atoms with Crippen LogP contribution < -0.4 is 0 Å². The molecule has 98 valence electrons. The molecule has 0 aromatic heterocycles. The highest BCUT2D eigenvalue weighted by Gasteiger charge is 2.35. The predicted octanol–water partition coefficient (Wildman–Crippen LogP) is 3.04. The van der Waals surface area contributed by atoms with Gasteiger partial charge in [-0.1, -0.05) is 37.3 Å². The van der Waals surface area contributed by atoms with Gasteiger partial charge in [0.2, 0.25) is 0 Å². The fourth-order valence-corrected chi connectivity index (χ4v) is 3.46. The number of hydrogen-bond acceptors (Lipinski definition) is 2. The monoisotopic (exact) mass is 238 g/mol. The average molecular weight is 238 g/mol. The largest absolute Gasteiger partial charge is 0.395 e. The van der Waals surface area contributed by atoms with E-state index in [-0.39, 0.29) is 18.6 Å². The van der Waals surface area contributed by atoms with E-state index in [0.29, 0.717) is 5.92 Å². The van der Waals surface area contributed by atoms with Gasteiger partial charge in [-0.25, -0.2) is 0 Å². The third-order valence-corrected chi connectivity index (χ3v) is 4.72. The van der Waals surface area contributed by atoms with Crippen LogP contribution in [-0.4, -0.2) is 23.4 Å². The minimum Gasteiger partial charge on any atom is -0.395 e. The molecule has 2 N–H and O–H groups in total. The van der Waals surface area contributed by atoms with Crippen LogP contribution in [0.3, 0.4) is 0 Å². The second kappa shape index (κ2) is 6.01. The van der Waals surface area contributed by atoms with Gasteiger partial charge in [-0.3, -0.25) is 0 Å². The van der Waals surface area contributed by atoms with Crippen LogP contribution >= 0.6 is 0 Å². The normalized spacial score (nSPS) is 28.5. The molecule has 0 saturated heterocycles. The molecule has 2 saturated carbocycles. The molecule has 0 radical (unpaired) electrons. The van der Waals surface area contributed by atoms with Gasteiger partial charge in [0, 0.05) is 5.41 Å². The minimum absolute atomic E-state index is 0.113. The fraction of sp³-hybridized carbons (Fsp3) is 0.867. The molecule has 0 aromatic carbocycles. The highest BCUT2D eigenvalue weighted by atomic mass is 16.3. The number of aliphatic hydroxyl groups excluding tert-OH is 2. The summed E-state index contributed by atoms with van der Waals surface area (Å²) < 4.78 is 0. The first kappa shape index (κ1) is 13.1. The van der Waals surface area contributed by atoms with Crippen molar-refractivity contribution in [3.05, 3.63) is 11.6 Å². The topological polar surface area (TPSA) is 40.5 Å². The number of allylic oxidation sites excluding steroid dienone is 1. The summed E-state index contributed by atoms with van der Waals surface area (Å²) in [5.74, 6) is 0.703. The summed E-state index contributed by atoms with van der Waals surface area (Å²) in [6.07, 6.45) is 13.5. The molecule has 0 aliphatic heterocycles. The molecule has 0 bridgehead atoms. The molecule has 0 heterocycles. The highest BCUT2D eigenvalue weighted by molar-refractivity contribution is 5.19. The Morgan fingerprint density at radius 2 is 1.71 bits per heavy atom. The lowest BCUT2D eigenvalue weighted by Crippen LogP contribution is -2.35. The van der Waals surface area contributed by atoms with Crippen LogP contribution in [0.2, 0.25) is 0 Å². The Bertz CT molecular complexity index is 260. The summed E-state index contributed by atoms with van der Waals surface area (Å²) in [4.78, 5) is 0. The lowest BCUT2D eigenvalue weighted by molar-refractivity contribution is 0.0623. The van der Waals surface area contributed by atoms with E-state index >= 15 is 0 Å². The summed E-state index contributed by atoms with van der Waals surface area (Å²) in [6, 6.07) is 0. The Morgan fingerprint density at radius 3 is 2.35 bits per heavy atom. The van der Waals surface area contributed by atoms with Crippen molar-refractivity contribution in [3.63, 3.8) is 0 Å². The first-order valence-corrected chi connectivity index (χ1v) is 7.24. The van der Waals surface area contributed by atoms with Crippen LogP contribution in [0, 0.1) is 11.3 Å². The van der Waals surface area contributed by atoms with E-state index in [4.69, 9.17) is 0 Å². The summed E-state index contributed by atoms with van der Waals surface area (Å²) in [5.41, 5.74) is 1.05. The molecule has 2 heteroatoms. The first-order valence-electron chi connectivity index (χ1n) is 7.24. The third kappa shape index (κ3) is 2.92. The van der Waals surface area contributed by atoms with Gasteiger partial charge in [0.25, 0.3) is 0 Å². The molecule has 2 nitrogen and oxygen atoms in total. The zero-order valence-electron chi connectivity index (χ0n) is 10.8. The summed E-state index contributed by atoms with van der Waals surface area (Å²) >= 11 is 0. The van der Waals surface area contributed by atoms with Crippen LogP contribution in [0.1, 0.15) is 57.8 Å². The average Bonchev–Trinajstić information content (AvgIpc) is 2.41. The molecule has 2 aliphatic carbocycles. The van der Waals surface area contributed by atoms with E-state index in [2.05, 4.69) is 6.08 Å². The molecule has 17 heavy (non-hydrogen) atoms. The van der Waals surface area contributed by atoms with Crippen LogP contribution in [0.25, 0.3) is 0 Å². The van der Waals surface area contributed by atoms with E-state index in [1.165, 1.54) is 44.1 Å². The quantitative estimate of drug-likeness (QED) is 0.742. The summed E-state index contributed by atoms with van der Waals surface area (Å²) in [6.45, 7) is 0.226. The highest BCUT2D eigenvalue weighted by Crippen LogP contribution is 2.42. The maximum atomic E-state index is 9.64. The van der Waals surface area contributed by atoms with E-state index in [0.717, 1.165) is 19.3 Å². The molecule has 0 spiro atoms. The van der Waals surface area contributed by atoms with Crippen molar-refractivity contribution in [2.45, 2.75) is 57.8 Å². The molecule has 0 unspecified atom stereocenters. The molecule has 2 aliphatic rings. The minimum atomic E-state index is -0.296. The van der Waals surface area contributed by atoms with Crippen molar-refractivity contribution >= 4 is 0 Å². The maximum Gasteiger partial charge on any atom is 0.0546 e. The molecular weight excluding hydrogens is 212 g/mol. The third-order valence-electron chi connectivity index (χ3n) is 4.72. The van der Waals surface area contributed by atoms with Crippen molar-refractivity contribution in [1.29, 1.82) is 0 Å². The Labute approximate surface area is 105 Å². The number of aliphatic hydroxyl groups is 2. The van der Waals surface area contributed by atoms with Crippen molar-refractivity contribution in [2.75, 3.05) is 13.2 Å². The van der Waals surface area contributed by atoms with Crippen molar-refractivity contribution in [2.24, 2.45) is 11.3 Å². The second-order valence-corrected chi connectivity index (χ2v) is 5.89. The SMILES string of the molecule is OCC1(CO)CCCCC1=CC1CCCCC1. The van der Waals surface area contributed by atoms with Gasteiger partial charge in [-0.2, -0.15) is 0 Å². The number of rotatable bonds is 3. The smallest absolute Gasteiger partial charge is 0.0546 e. The molecular formula is C15H26O2. The Hall–Kier alpha value is -0.340. The van der Waals surface area contributed by atoms with E-state index in [1.807, 2.05) is 0 Å². The lowest BCUT2D eigenvalue weighted by Gasteiger charge is -2.38. The van der Waals surface area contributed by atoms with Gasteiger partial charge >= 0.3 is 0 Å². The van der Waals surface area contributed by atoms with Gasteiger partial charge in [0.15, 0.2) is 0 Å². The molecule has 0 amide bonds. The van der Waals surface area contributed by atoms with Gasteiger partial charge in [-0.05, 0) is 38.0 Å². The van der Waals surface area contributed by atoms with E-state index in [1.54, 1.807) is 0 Å². The second-order valence-electron chi connectivity index (χ2n) is 5.89. The molecule has 0 atom stereocenters. The van der Waals surface area contributed by atoms with Crippen molar-refractivity contribution in [3.8, 4) is 0 Å². The van der Waals surface area contributed by atoms with Crippen LogP contribution in [0.5, 0.6) is 0 Å². The fourth-order valence-electron chi connectivity index (χ4n) is 3.46. The molecule has 2 rings (SSSR count). The van der Waals surface area contributed by atoms with E-state index in [9.17, 15) is 10.2 Å². The first-order chi connectivity index (χ1) is 8.30. The van der Waals surface area contributed by atoms with Gasteiger partial charge in [-0.15, -0.1) is 0 Å². The molecule has 0 aromatic rings. The summed E-state index contributed by atoms with van der Waals surface area (Å²) in [5, 5.41) is 19.3. The van der Waals surface area contributed by atoms with Crippen molar-refractivity contribution < 1.29 is 10.2 Å². The summed E-state index contributed by atoms with van der Waals surface area (Å²) in [7, 11) is 0. The Balaban J connectivity index is 2.11. The Morgan fingerprint density at radius 1 is 1.00 bits per heavy atom. The van der Waals surface area contributed by atoms with Gasteiger partial charge in [0.05, 0.1) is 13.2 Å². The van der Waals surface area contributed by atoms with Crippen LogP contribution in [0.4, 0.5) is 0 Å². The van der Waals surface area contributed by atoms with Gasteiger partial charge in [0.1, 0.15) is 0 Å². The number of hydrogen-bond donors (Lipinski definition) is 2. The Kier molecular flexibility index (Phi) is 4.63. The zero-order chi connectivity index (χ0) is 12.1. The zero-order valence-corrected chi connectivity index (χ0v) is 10.8. The standard InChI is InChI=1S/C15H26O2/c16-11-15(12-17)9-5-4-8-14(15)10-13-6-2-1-3-7-13/h10,13,16-17H,1-9,11-12H2. The van der Waals surface area contributed by atoms with Gasteiger partial charge < -0.3 is 10.2 Å². The predicted molar refractivity (Wildman–Crippen MR) is 69.7 cm³/mol. The van der Waals surface area contributed by atoms with Crippen molar-refractivity contribution in [1.82, 2.24) is 0 Å². The van der Waals surface area contributed by atoms with E-state index < -0.39 is 0 Å². The maximum absolute atomic E-state index is 9.64. The molecule has 2 fully saturated rings. The lowest BCUT2D eigenvalue weighted by atomic mass is 9.69. The van der Waals surface area contributed by atoms with Crippen LogP contribution in [0.15, 0.2) is 11.6 Å². The van der Waals surface area contributed by atoms with Crippen LogP contribution in [-0.2, 0) is 0 Å².